The van der Waals surface area contributed by atoms with Crippen LogP contribution < -0.4 is 16.0 Å². The van der Waals surface area contributed by atoms with Gasteiger partial charge in [0.2, 0.25) is 5.95 Å². The third kappa shape index (κ3) is 2.58. The van der Waals surface area contributed by atoms with Crippen LogP contribution in [-0.2, 0) is 4.74 Å². The number of nitrogens with two attached hydrogens (primary N) is 1. The summed E-state index contributed by atoms with van der Waals surface area (Å²) in [5.74, 6) is 2.06. The first-order valence-corrected chi connectivity index (χ1v) is 6.05. The maximum atomic E-state index is 5.74. The molecule has 17 heavy (non-hydrogen) atoms. The van der Waals surface area contributed by atoms with Gasteiger partial charge < -0.3 is 20.7 Å². The van der Waals surface area contributed by atoms with Crippen molar-refractivity contribution in [3.8, 4) is 0 Å². The molecule has 1 saturated heterocycles. The molecule has 6 nitrogen and oxygen atoms in total. The molecule has 3 rings (SSSR count). The van der Waals surface area contributed by atoms with E-state index in [2.05, 4.69) is 20.2 Å². The zero-order valence-electron chi connectivity index (χ0n) is 9.72. The Kier molecular flexibility index (Phi) is 2.72. The van der Waals surface area contributed by atoms with E-state index >= 15 is 0 Å². The fraction of sp³-hybridized carbons (Fsp3) is 0.636. The van der Waals surface area contributed by atoms with Crippen LogP contribution in [0.15, 0.2) is 6.07 Å². The summed E-state index contributed by atoms with van der Waals surface area (Å²) in [6, 6.07) is 2.54. The van der Waals surface area contributed by atoms with Crippen LogP contribution in [0.25, 0.3) is 0 Å². The summed E-state index contributed by atoms with van der Waals surface area (Å²) < 4.78 is 5.32. The van der Waals surface area contributed by atoms with E-state index in [9.17, 15) is 0 Å². The van der Waals surface area contributed by atoms with E-state index in [0.717, 1.165) is 37.9 Å². The summed E-state index contributed by atoms with van der Waals surface area (Å²) >= 11 is 0. The van der Waals surface area contributed by atoms with Gasteiger partial charge in [-0.05, 0) is 12.8 Å². The Bertz CT molecular complexity index is 401. The zero-order chi connectivity index (χ0) is 11.7. The first-order valence-electron chi connectivity index (χ1n) is 6.05. The van der Waals surface area contributed by atoms with Crippen molar-refractivity contribution < 1.29 is 4.74 Å². The van der Waals surface area contributed by atoms with Crippen molar-refractivity contribution in [2.45, 2.75) is 18.9 Å². The van der Waals surface area contributed by atoms with E-state index in [4.69, 9.17) is 10.5 Å². The van der Waals surface area contributed by atoms with Gasteiger partial charge in [-0.2, -0.15) is 9.97 Å². The number of nitrogen functional groups attached to an aromatic ring is 1. The molecule has 0 aromatic carbocycles. The van der Waals surface area contributed by atoms with Gasteiger partial charge in [0.1, 0.15) is 11.6 Å². The summed E-state index contributed by atoms with van der Waals surface area (Å²) in [4.78, 5) is 10.7. The predicted molar refractivity (Wildman–Crippen MR) is 66.1 cm³/mol. The van der Waals surface area contributed by atoms with Gasteiger partial charge in [-0.25, -0.2) is 0 Å². The van der Waals surface area contributed by atoms with Crippen molar-refractivity contribution in [3.05, 3.63) is 6.07 Å². The van der Waals surface area contributed by atoms with Gasteiger partial charge in [-0.3, -0.25) is 0 Å². The molecule has 0 radical (unpaired) electrons. The number of ether oxygens (including phenoxy) is 1. The van der Waals surface area contributed by atoms with Crippen molar-refractivity contribution in [2.24, 2.45) is 0 Å². The van der Waals surface area contributed by atoms with Crippen LogP contribution in [0.1, 0.15) is 12.8 Å². The van der Waals surface area contributed by atoms with Gasteiger partial charge in [0, 0.05) is 25.2 Å². The minimum Gasteiger partial charge on any atom is -0.378 e. The summed E-state index contributed by atoms with van der Waals surface area (Å²) in [5, 5.41) is 3.35. The van der Waals surface area contributed by atoms with Crippen LogP contribution in [0, 0.1) is 0 Å². The minimum atomic E-state index is 0.331. The second-order valence-corrected chi connectivity index (χ2v) is 4.49. The van der Waals surface area contributed by atoms with Crippen molar-refractivity contribution in [2.75, 3.05) is 42.3 Å². The second kappa shape index (κ2) is 4.37. The quantitative estimate of drug-likeness (QED) is 0.793. The van der Waals surface area contributed by atoms with Crippen LogP contribution in [-0.4, -0.2) is 42.3 Å². The van der Waals surface area contributed by atoms with E-state index in [0.29, 0.717) is 12.0 Å². The van der Waals surface area contributed by atoms with Crippen LogP contribution in [0.5, 0.6) is 0 Å². The van der Waals surface area contributed by atoms with E-state index in [1.807, 2.05) is 6.07 Å². The minimum absolute atomic E-state index is 0.331. The number of morpholine rings is 1. The molecule has 2 heterocycles. The Morgan fingerprint density at radius 2 is 2.06 bits per heavy atom. The summed E-state index contributed by atoms with van der Waals surface area (Å²) in [5.41, 5.74) is 5.74. The van der Waals surface area contributed by atoms with E-state index in [-0.39, 0.29) is 0 Å². The number of hydrogen-bond acceptors (Lipinski definition) is 6. The molecule has 1 aromatic rings. The van der Waals surface area contributed by atoms with Crippen molar-refractivity contribution in [1.29, 1.82) is 0 Å². The Hall–Kier alpha value is -1.56. The first kappa shape index (κ1) is 10.6. The maximum Gasteiger partial charge on any atom is 0.223 e. The van der Waals surface area contributed by atoms with Crippen molar-refractivity contribution >= 4 is 17.6 Å². The molecule has 1 saturated carbocycles. The molecule has 3 N–H and O–H groups in total. The van der Waals surface area contributed by atoms with E-state index < -0.39 is 0 Å². The monoisotopic (exact) mass is 235 g/mol. The smallest absolute Gasteiger partial charge is 0.223 e. The number of nitrogens with one attached hydrogen (secondary N) is 1. The predicted octanol–water partition coefficient (Wildman–Crippen LogP) is 0.470. The number of aromatic nitrogens is 2. The van der Waals surface area contributed by atoms with Crippen LogP contribution in [0.4, 0.5) is 17.6 Å². The van der Waals surface area contributed by atoms with Gasteiger partial charge >= 0.3 is 0 Å². The highest BCUT2D eigenvalue weighted by molar-refractivity contribution is 5.53. The third-order valence-electron chi connectivity index (χ3n) is 2.99. The van der Waals surface area contributed by atoms with E-state index in [1.54, 1.807) is 0 Å². The molecule has 0 unspecified atom stereocenters. The standard InChI is InChI=1S/C11H17N5O/c12-11-14-9(13-8-1-2-8)7-10(15-11)16-3-5-17-6-4-16/h7-8H,1-6H2,(H3,12,13,14,15). The Labute approximate surface area is 100 Å². The lowest BCUT2D eigenvalue weighted by Crippen LogP contribution is -2.37. The molecule has 92 valence electrons. The van der Waals surface area contributed by atoms with Crippen LogP contribution in [0.3, 0.4) is 0 Å². The number of anilines is 3. The van der Waals surface area contributed by atoms with Crippen LogP contribution in [0.2, 0.25) is 0 Å². The molecule has 0 spiro atoms. The number of hydrogen-bond donors (Lipinski definition) is 2. The topological polar surface area (TPSA) is 76.3 Å². The molecule has 0 bridgehead atoms. The van der Waals surface area contributed by atoms with E-state index in [1.165, 1.54) is 12.8 Å². The van der Waals surface area contributed by atoms with Gasteiger partial charge in [0.05, 0.1) is 13.2 Å². The highest BCUT2D eigenvalue weighted by Gasteiger charge is 2.22. The van der Waals surface area contributed by atoms with Crippen molar-refractivity contribution in [1.82, 2.24) is 9.97 Å². The van der Waals surface area contributed by atoms with Gasteiger partial charge in [-0.1, -0.05) is 0 Å². The summed E-state index contributed by atoms with van der Waals surface area (Å²) in [7, 11) is 0. The lowest BCUT2D eigenvalue weighted by Gasteiger charge is -2.28. The fourth-order valence-electron chi connectivity index (χ4n) is 1.92. The highest BCUT2D eigenvalue weighted by atomic mass is 16.5. The Morgan fingerprint density at radius 3 is 2.76 bits per heavy atom. The lowest BCUT2D eigenvalue weighted by molar-refractivity contribution is 0.122. The van der Waals surface area contributed by atoms with Gasteiger partial charge in [0.25, 0.3) is 0 Å². The Morgan fingerprint density at radius 1 is 1.29 bits per heavy atom. The van der Waals surface area contributed by atoms with Gasteiger partial charge in [0.15, 0.2) is 0 Å². The van der Waals surface area contributed by atoms with Crippen LogP contribution >= 0.6 is 0 Å². The average Bonchev–Trinajstić information content (AvgIpc) is 3.13. The Balaban J connectivity index is 1.79. The SMILES string of the molecule is Nc1nc(NC2CC2)cc(N2CCOCC2)n1. The average molecular weight is 235 g/mol. The van der Waals surface area contributed by atoms with Crippen molar-refractivity contribution in [3.63, 3.8) is 0 Å². The summed E-state index contributed by atoms with van der Waals surface area (Å²) in [6.45, 7) is 3.21. The molecule has 1 aliphatic heterocycles. The molecule has 2 aliphatic rings. The normalized spacial score (nSPS) is 20.4. The fourth-order valence-corrected chi connectivity index (χ4v) is 1.92. The number of nitrogens with zero attached hydrogens (tertiary/aromatic N) is 3. The third-order valence-corrected chi connectivity index (χ3v) is 2.99. The lowest BCUT2D eigenvalue weighted by atomic mass is 10.4. The number of rotatable bonds is 3. The molecule has 6 heteroatoms. The zero-order valence-corrected chi connectivity index (χ0v) is 9.72. The molecule has 0 amide bonds. The first-order chi connectivity index (χ1) is 8.31. The second-order valence-electron chi connectivity index (χ2n) is 4.49. The summed E-state index contributed by atoms with van der Waals surface area (Å²) in [6.07, 6.45) is 2.44. The molecule has 1 aliphatic carbocycles. The molecule has 0 atom stereocenters. The molecular formula is C11H17N5O. The molecule has 1 aromatic heterocycles. The molecule has 2 fully saturated rings. The maximum absolute atomic E-state index is 5.74. The molecular weight excluding hydrogens is 218 g/mol. The van der Waals surface area contributed by atoms with Gasteiger partial charge in [-0.15, -0.1) is 0 Å². The highest BCUT2D eigenvalue weighted by Crippen LogP contribution is 2.26. The largest absolute Gasteiger partial charge is 0.378 e.